The van der Waals surface area contributed by atoms with E-state index in [0.29, 0.717) is 12.1 Å². The molecular weight excluding hydrogens is 279 g/mol. The highest BCUT2D eigenvalue weighted by Gasteiger charge is 2.06. The van der Waals surface area contributed by atoms with Crippen LogP contribution in [0.3, 0.4) is 0 Å². The summed E-state index contributed by atoms with van der Waals surface area (Å²) >= 11 is 0. The van der Waals surface area contributed by atoms with Crippen molar-refractivity contribution in [3.05, 3.63) is 77.1 Å². The van der Waals surface area contributed by atoms with Crippen LogP contribution in [0.1, 0.15) is 16.7 Å². The fourth-order valence-corrected chi connectivity index (χ4v) is 1.95. The number of hydrogen-bond acceptors (Lipinski definition) is 2. The average molecular weight is 294 g/mol. The Hall–Kier alpha value is -2.93. The van der Waals surface area contributed by atoms with Crippen molar-refractivity contribution < 1.29 is 9.18 Å². The van der Waals surface area contributed by atoms with Gasteiger partial charge in [0.05, 0.1) is 11.6 Å². The van der Waals surface area contributed by atoms with E-state index in [9.17, 15) is 9.18 Å². The second kappa shape index (κ2) is 7.19. The molecule has 2 rings (SSSR count). The maximum atomic E-state index is 13.1. The summed E-state index contributed by atoms with van der Waals surface area (Å²) in [5.74, 6) is -0.486. The molecule has 0 saturated heterocycles. The molecule has 1 amide bonds. The lowest BCUT2D eigenvalue weighted by atomic mass is 10.1. The molecule has 0 fully saturated rings. The van der Waals surface area contributed by atoms with E-state index >= 15 is 0 Å². The average Bonchev–Trinajstić information content (AvgIpc) is 2.53. The molecule has 0 aromatic heterocycles. The molecule has 0 aliphatic carbocycles. The number of likely N-dealkylation sites (N-methyl/N-ethyl adjacent to an activating group) is 1. The van der Waals surface area contributed by atoms with Gasteiger partial charge in [-0.2, -0.15) is 5.26 Å². The van der Waals surface area contributed by atoms with Gasteiger partial charge in [0.1, 0.15) is 5.82 Å². The SMILES string of the molecule is CN(Cc1cccc(F)c1)C(=O)C=Cc1ccc(C#N)cc1. The van der Waals surface area contributed by atoms with Crippen LogP contribution in [-0.2, 0) is 11.3 Å². The van der Waals surface area contributed by atoms with Crippen LogP contribution in [0.5, 0.6) is 0 Å². The maximum absolute atomic E-state index is 13.1. The number of nitriles is 1. The molecule has 0 atom stereocenters. The van der Waals surface area contributed by atoms with Crippen molar-refractivity contribution in [3.8, 4) is 6.07 Å². The number of hydrogen-bond donors (Lipinski definition) is 0. The van der Waals surface area contributed by atoms with Crippen molar-refractivity contribution in [1.82, 2.24) is 4.90 Å². The number of halogens is 1. The second-order valence-electron chi connectivity index (χ2n) is 4.89. The molecule has 0 aliphatic rings. The summed E-state index contributed by atoms with van der Waals surface area (Å²) in [4.78, 5) is 13.5. The van der Waals surface area contributed by atoms with E-state index in [0.717, 1.165) is 11.1 Å². The van der Waals surface area contributed by atoms with Gasteiger partial charge in [0.15, 0.2) is 0 Å². The van der Waals surface area contributed by atoms with Gasteiger partial charge in [0.2, 0.25) is 5.91 Å². The fraction of sp³-hybridized carbons (Fsp3) is 0.111. The van der Waals surface area contributed by atoms with Crippen LogP contribution in [0, 0.1) is 17.1 Å². The first kappa shape index (κ1) is 15.5. The van der Waals surface area contributed by atoms with Crippen molar-refractivity contribution in [2.75, 3.05) is 7.05 Å². The van der Waals surface area contributed by atoms with Crippen LogP contribution in [0.4, 0.5) is 4.39 Å². The lowest BCUT2D eigenvalue weighted by Gasteiger charge is -2.15. The molecule has 0 heterocycles. The normalized spacial score (nSPS) is 10.4. The molecule has 0 saturated carbocycles. The highest BCUT2D eigenvalue weighted by Crippen LogP contribution is 2.08. The Morgan fingerprint density at radius 1 is 1.27 bits per heavy atom. The number of carbonyl (C=O) groups excluding carboxylic acids is 1. The molecule has 0 radical (unpaired) electrons. The van der Waals surface area contributed by atoms with Crippen LogP contribution < -0.4 is 0 Å². The third kappa shape index (κ3) is 4.29. The van der Waals surface area contributed by atoms with Gasteiger partial charge in [-0.3, -0.25) is 4.79 Å². The van der Waals surface area contributed by atoms with Crippen molar-refractivity contribution in [3.63, 3.8) is 0 Å². The fourth-order valence-electron chi connectivity index (χ4n) is 1.95. The Balaban J connectivity index is 1.98. The van der Waals surface area contributed by atoms with Crippen LogP contribution in [0.2, 0.25) is 0 Å². The van der Waals surface area contributed by atoms with E-state index in [1.54, 1.807) is 49.5 Å². The molecule has 22 heavy (non-hydrogen) atoms. The summed E-state index contributed by atoms with van der Waals surface area (Å²) in [5.41, 5.74) is 2.15. The number of rotatable bonds is 4. The van der Waals surface area contributed by atoms with Gasteiger partial charge in [-0.05, 0) is 41.5 Å². The molecule has 0 bridgehead atoms. The first-order chi connectivity index (χ1) is 10.6. The molecule has 3 nitrogen and oxygen atoms in total. The summed E-state index contributed by atoms with van der Waals surface area (Å²) in [5, 5.41) is 8.72. The van der Waals surface area contributed by atoms with Gasteiger partial charge in [-0.15, -0.1) is 0 Å². The zero-order valence-corrected chi connectivity index (χ0v) is 12.2. The van der Waals surface area contributed by atoms with Crippen LogP contribution in [0.15, 0.2) is 54.6 Å². The van der Waals surface area contributed by atoms with Crippen molar-refractivity contribution in [2.45, 2.75) is 6.54 Å². The molecule has 2 aromatic carbocycles. The number of benzene rings is 2. The summed E-state index contributed by atoms with van der Waals surface area (Å²) in [7, 11) is 1.66. The van der Waals surface area contributed by atoms with E-state index in [1.807, 2.05) is 6.07 Å². The van der Waals surface area contributed by atoms with E-state index in [1.165, 1.54) is 23.1 Å². The maximum Gasteiger partial charge on any atom is 0.246 e. The van der Waals surface area contributed by atoms with E-state index < -0.39 is 0 Å². The molecule has 4 heteroatoms. The van der Waals surface area contributed by atoms with Crippen molar-refractivity contribution in [2.24, 2.45) is 0 Å². The largest absolute Gasteiger partial charge is 0.338 e. The van der Waals surface area contributed by atoms with E-state index in [2.05, 4.69) is 0 Å². The Bertz CT molecular complexity index is 729. The van der Waals surface area contributed by atoms with E-state index in [-0.39, 0.29) is 11.7 Å². The minimum absolute atomic E-state index is 0.173. The highest BCUT2D eigenvalue weighted by molar-refractivity contribution is 5.91. The Labute approximate surface area is 128 Å². The van der Waals surface area contributed by atoms with Gasteiger partial charge in [0.25, 0.3) is 0 Å². The van der Waals surface area contributed by atoms with Crippen LogP contribution in [0.25, 0.3) is 6.08 Å². The zero-order valence-electron chi connectivity index (χ0n) is 12.2. The second-order valence-corrected chi connectivity index (χ2v) is 4.89. The minimum atomic E-state index is -0.313. The number of carbonyl (C=O) groups is 1. The molecule has 110 valence electrons. The zero-order chi connectivity index (χ0) is 15.9. The first-order valence-corrected chi connectivity index (χ1v) is 6.76. The Kier molecular flexibility index (Phi) is 5.05. The minimum Gasteiger partial charge on any atom is -0.338 e. The third-order valence-corrected chi connectivity index (χ3v) is 3.14. The number of nitrogens with zero attached hydrogens (tertiary/aromatic N) is 2. The smallest absolute Gasteiger partial charge is 0.246 e. The topological polar surface area (TPSA) is 44.1 Å². The quantitative estimate of drug-likeness (QED) is 0.811. The van der Waals surface area contributed by atoms with Crippen molar-refractivity contribution in [1.29, 1.82) is 5.26 Å². The summed E-state index contributed by atoms with van der Waals surface area (Å²) < 4.78 is 13.1. The van der Waals surface area contributed by atoms with Gasteiger partial charge in [-0.25, -0.2) is 4.39 Å². The lowest BCUT2D eigenvalue weighted by molar-refractivity contribution is -0.125. The molecule has 2 aromatic rings. The highest BCUT2D eigenvalue weighted by atomic mass is 19.1. The predicted molar refractivity (Wildman–Crippen MR) is 83.1 cm³/mol. The predicted octanol–water partition coefficient (Wildman–Crippen LogP) is 3.37. The van der Waals surface area contributed by atoms with Crippen molar-refractivity contribution >= 4 is 12.0 Å². The van der Waals surface area contributed by atoms with Gasteiger partial charge < -0.3 is 4.90 Å². The van der Waals surface area contributed by atoms with Crippen LogP contribution in [-0.4, -0.2) is 17.9 Å². The Morgan fingerprint density at radius 2 is 2.00 bits per heavy atom. The Morgan fingerprint density at radius 3 is 2.64 bits per heavy atom. The van der Waals surface area contributed by atoms with E-state index in [4.69, 9.17) is 5.26 Å². The van der Waals surface area contributed by atoms with Gasteiger partial charge in [0, 0.05) is 19.7 Å². The molecule has 0 N–H and O–H groups in total. The lowest BCUT2D eigenvalue weighted by Crippen LogP contribution is -2.24. The van der Waals surface area contributed by atoms with Crippen LogP contribution >= 0.6 is 0 Å². The summed E-state index contributed by atoms with van der Waals surface area (Å²) in [6, 6.07) is 15.2. The molecule has 0 aliphatic heterocycles. The van der Waals surface area contributed by atoms with Gasteiger partial charge in [-0.1, -0.05) is 24.3 Å². The monoisotopic (exact) mass is 294 g/mol. The summed E-state index contributed by atoms with van der Waals surface area (Å²) in [6.45, 7) is 0.342. The van der Waals surface area contributed by atoms with Gasteiger partial charge >= 0.3 is 0 Å². The third-order valence-electron chi connectivity index (χ3n) is 3.14. The standard InChI is InChI=1S/C18H15FN2O/c1-21(13-16-3-2-4-17(19)11-16)18(22)10-9-14-5-7-15(12-20)8-6-14/h2-11H,13H2,1H3. The summed E-state index contributed by atoms with van der Waals surface area (Å²) in [6.07, 6.45) is 3.15. The first-order valence-electron chi connectivity index (χ1n) is 6.76. The molecule has 0 unspecified atom stereocenters. The number of amides is 1. The molecule has 0 spiro atoms. The molecular formula is C18H15FN2O.